The topological polar surface area (TPSA) is 119 Å². The maximum Gasteiger partial charge on any atom is 0.307 e. The van der Waals surface area contributed by atoms with Crippen molar-refractivity contribution in [2.24, 2.45) is 5.73 Å². The van der Waals surface area contributed by atoms with Crippen molar-refractivity contribution in [3.8, 4) is 5.75 Å². The highest BCUT2D eigenvalue weighted by Gasteiger charge is 2.06. The zero-order valence-corrected chi connectivity index (χ0v) is 18.2. The van der Waals surface area contributed by atoms with E-state index in [0.29, 0.717) is 17.3 Å². The van der Waals surface area contributed by atoms with Crippen molar-refractivity contribution in [1.82, 2.24) is 0 Å². The summed E-state index contributed by atoms with van der Waals surface area (Å²) in [4.78, 5) is 31.1. The summed E-state index contributed by atoms with van der Waals surface area (Å²) in [7, 11) is 1.58. The number of benzene rings is 2. The summed E-state index contributed by atoms with van der Waals surface area (Å²) in [6.45, 7) is 1.44. The second-order valence-corrected chi connectivity index (χ2v) is 7.24. The molecule has 0 atom stereocenters. The molecule has 0 aromatic heterocycles. The molecule has 2 aromatic carbocycles. The van der Waals surface area contributed by atoms with E-state index in [9.17, 15) is 14.4 Å². The predicted molar refractivity (Wildman–Crippen MR) is 122 cm³/mol. The molecule has 0 heterocycles. The quantitative estimate of drug-likeness (QED) is 0.618. The SMILES string of the molecule is CC(=O)Nc1ccc(C=O)cc1.COc1ccc(CC(=O)O)cc1.NC1CCCCC1. The molecule has 2 aromatic rings. The van der Waals surface area contributed by atoms with E-state index in [1.54, 1.807) is 55.6 Å². The number of nitrogens with two attached hydrogens (primary N) is 1. The van der Waals surface area contributed by atoms with Gasteiger partial charge in [-0.15, -0.1) is 0 Å². The Balaban J connectivity index is 0.000000241. The lowest BCUT2D eigenvalue weighted by molar-refractivity contribution is -0.136. The lowest BCUT2D eigenvalue weighted by Gasteiger charge is -2.15. The van der Waals surface area contributed by atoms with Gasteiger partial charge >= 0.3 is 5.97 Å². The van der Waals surface area contributed by atoms with Crippen LogP contribution in [0.4, 0.5) is 5.69 Å². The van der Waals surface area contributed by atoms with Gasteiger partial charge < -0.3 is 20.9 Å². The van der Waals surface area contributed by atoms with Gasteiger partial charge in [0, 0.05) is 24.2 Å². The number of amides is 1. The zero-order valence-electron chi connectivity index (χ0n) is 18.2. The fourth-order valence-corrected chi connectivity index (χ4v) is 2.90. The fraction of sp³-hybridized carbons (Fsp3) is 0.375. The van der Waals surface area contributed by atoms with Gasteiger partial charge in [0.2, 0.25) is 5.91 Å². The summed E-state index contributed by atoms with van der Waals surface area (Å²) >= 11 is 0. The van der Waals surface area contributed by atoms with Crippen LogP contribution in [0, 0.1) is 0 Å². The number of carboxylic acid groups (broad SMARTS) is 1. The molecule has 0 aliphatic heterocycles. The van der Waals surface area contributed by atoms with Crippen molar-refractivity contribution >= 4 is 23.9 Å². The average Bonchev–Trinajstić information content (AvgIpc) is 2.75. The Kier molecular flexibility index (Phi) is 12.3. The Morgan fingerprint density at radius 2 is 1.65 bits per heavy atom. The van der Waals surface area contributed by atoms with E-state index in [2.05, 4.69) is 5.32 Å². The van der Waals surface area contributed by atoms with Crippen molar-refractivity contribution in [3.63, 3.8) is 0 Å². The van der Waals surface area contributed by atoms with Gasteiger partial charge in [0.15, 0.2) is 0 Å². The molecule has 1 saturated carbocycles. The maximum atomic E-state index is 10.6. The number of rotatable bonds is 5. The second kappa shape index (κ2) is 14.7. The number of hydrogen-bond donors (Lipinski definition) is 3. The van der Waals surface area contributed by atoms with Crippen LogP contribution in [0.25, 0.3) is 0 Å². The van der Waals surface area contributed by atoms with Crippen LogP contribution in [0.3, 0.4) is 0 Å². The molecule has 0 unspecified atom stereocenters. The lowest BCUT2D eigenvalue weighted by Crippen LogP contribution is -2.22. The van der Waals surface area contributed by atoms with Crippen LogP contribution in [0.15, 0.2) is 48.5 Å². The van der Waals surface area contributed by atoms with Crippen LogP contribution in [0.5, 0.6) is 5.75 Å². The highest BCUT2D eigenvalue weighted by Crippen LogP contribution is 2.15. The standard InChI is InChI=1S/C9H9NO2.C9H10O3.C6H13N/c1-7(12)10-9-4-2-8(6-11)3-5-9;1-12-8-4-2-7(3-5-8)6-9(10)11;7-6-4-2-1-3-5-6/h2-6H,1H3,(H,10,12);2-5H,6H2,1H3,(H,10,11);6H,1-5,7H2. The van der Waals surface area contributed by atoms with Gasteiger partial charge in [-0.25, -0.2) is 0 Å². The van der Waals surface area contributed by atoms with Crippen LogP contribution in [0.1, 0.15) is 54.9 Å². The molecule has 0 saturated heterocycles. The highest BCUT2D eigenvalue weighted by molar-refractivity contribution is 5.89. The number of carbonyl (C=O) groups excluding carboxylic acids is 2. The summed E-state index contributed by atoms with van der Waals surface area (Å²) in [5.74, 6) is -0.196. The predicted octanol–water partition coefficient (Wildman–Crippen LogP) is 4.06. The van der Waals surface area contributed by atoms with Crippen molar-refractivity contribution in [3.05, 3.63) is 59.7 Å². The minimum Gasteiger partial charge on any atom is -0.497 e. The van der Waals surface area contributed by atoms with E-state index in [1.807, 2.05) is 0 Å². The lowest BCUT2D eigenvalue weighted by atomic mass is 9.97. The van der Waals surface area contributed by atoms with Crippen molar-refractivity contribution in [2.45, 2.75) is 51.5 Å². The molecule has 7 nitrogen and oxygen atoms in total. The number of aldehydes is 1. The number of nitrogens with one attached hydrogen (secondary N) is 1. The Hall–Kier alpha value is -3.19. The summed E-state index contributed by atoms with van der Waals surface area (Å²) in [5, 5.41) is 11.1. The molecule has 31 heavy (non-hydrogen) atoms. The van der Waals surface area contributed by atoms with Crippen LogP contribution in [-0.4, -0.2) is 36.4 Å². The van der Waals surface area contributed by atoms with Crippen molar-refractivity contribution in [2.75, 3.05) is 12.4 Å². The number of ether oxygens (including phenoxy) is 1. The summed E-state index contributed by atoms with van der Waals surface area (Å²) < 4.78 is 4.93. The molecule has 0 bridgehead atoms. The van der Waals surface area contributed by atoms with Gasteiger partial charge in [-0.1, -0.05) is 31.4 Å². The van der Waals surface area contributed by atoms with Crippen LogP contribution in [0.2, 0.25) is 0 Å². The number of aliphatic carboxylic acids is 1. The summed E-state index contributed by atoms with van der Waals surface area (Å²) in [5.41, 5.74) is 7.72. The largest absolute Gasteiger partial charge is 0.497 e. The first kappa shape index (κ1) is 25.8. The summed E-state index contributed by atoms with van der Waals surface area (Å²) in [6, 6.07) is 14.2. The van der Waals surface area contributed by atoms with E-state index < -0.39 is 5.97 Å². The Morgan fingerprint density at radius 3 is 2.03 bits per heavy atom. The normalized spacial score (nSPS) is 12.9. The van der Waals surface area contributed by atoms with E-state index >= 15 is 0 Å². The van der Waals surface area contributed by atoms with Crippen LogP contribution in [-0.2, 0) is 16.0 Å². The molecule has 3 rings (SSSR count). The molecule has 1 aliphatic rings. The molecule has 1 amide bonds. The fourth-order valence-electron chi connectivity index (χ4n) is 2.90. The first-order chi connectivity index (χ1) is 14.8. The van der Waals surface area contributed by atoms with Gasteiger partial charge in [0.1, 0.15) is 12.0 Å². The molecular weight excluding hydrogens is 396 g/mol. The third-order valence-electron chi connectivity index (χ3n) is 4.53. The molecule has 1 aliphatic carbocycles. The van der Waals surface area contributed by atoms with Gasteiger partial charge in [-0.3, -0.25) is 14.4 Å². The first-order valence-corrected chi connectivity index (χ1v) is 10.3. The van der Waals surface area contributed by atoms with E-state index in [0.717, 1.165) is 17.6 Å². The third kappa shape index (κ3) is 12.2. The van der Waals surface area contributed by atoms with Gasteiger partial charge in [0.05, 0.1) is 13.5 Å². The summed E-state index contributed by atoms with van der Waals surface area (Å²) in [6.07, 6.45) is 7.48. The number of methoxy groups -OCH3 is 1. The van der Waals surface area contributed by atoms with Crippen LogP contribution < -0.4 is 15.8 Å². The second-order valence-electron chi connectivity index (χ2n) is 7.24. The van der Waals surface area contributed by atoms with Gasteiger partial charge in [-0.2, -0.15) is 0 Å². The number of anilines is 1. The van der Waals surface area contributed by atoms with Gasteiger partial charge in [-0.05, 0) is 54.8 Å². The Morgan fingerprint density at radius 1 is 1.06 bits per heavy atom. The smallest absolute Gasteiger partial charge is 0.307 e. The molecule has 0 radical (unpaired) electrons. The van der Waals surface area contributed by atoms with Crippen molar-refractivity contribution < 1.29 is 24.2 Å². The molecular formula is C24H32N2O5. The van der Waals surface area contributed by atoms with E-state index in [4.69, 9.17) is 15.6 Å². The molecule has 4 N–H and O–H groups in total. The first-order valence-electron chi connectivity index (χ1n) is 10.3. The van der Waals surface area contributed by atoms with E-state index in [1.165, 1.54) is 39.0 Å². The minimum absolute atomic E-state index is 0.0595. The number of hydrogen-bond acceptors (Lipinski definition) is 5. The molecule has 168 valence electrons. The molecule has 7 heteroatoms. The molecule has 0 spiro atoms. The van der Waals surface area contributed by atoms with Crippen molar-refractivity contribution in [1.29, 1.82) is 0 Å². The van der Waals surface area contributed by atoms with Gasteiger partial charge in [0.25, 0.3) is 0 Å². The minimum atomic E-state index is -0.819. The average molecular weight is 429 g/mol. The highest BCUT2D eigenvalue weighted by atomic mass is 16.5. The van der Waals surface area contributed by atoms with Crippen LogP contribution >= 0.6 is 0 Å². The molecule has 1 fully saturated rings. The van der Waals surface area contributed by atoms with E-state index in [-0.39, 0.29) is 12.3 Å². The number of carbonyl (C=O) groups is 3. The third-order valence-corrected chi connectivity index (χ3v) is 4.53. The monoisotopic (exact) mass is 428 g/mol. The number of carboxylic acids is 1. The Bertz CT molecular complexity index is 798. The Labute approximate surface area is 183 Å². The maximum absolute atomic E-state index is 10.6. The zero-order chi connectivity index (χ0) is 23.1.